The van der Waals surface area contributed by atoms with Crippen LogP contribution in [0.3, 0.4) is 0 Å². The van der Waals surface area contributed by atoms with E-state index in [1.165, 1.54) is 6.33 Å². The molecule has 0 unspecified atom stereocenters. The van der Waals surface area contributed by atoms with Crippen molar-refractivity contribution in [3.05, 3.63) is 48.0 Å². The standard InChI is InChI=1S/C19H18N6O/c1-10-4-5-15(26)11(2)16(10)18-17-13(19(20)22-9-21-17)6-14(24-18)12-7-23-25(3)8-12/h4-9,26H,1-3H3,(H2,20,21,22). The van der Waals surface area contributed by atoms with E-state index >= 15 is 0 Å². The zero-order valence-electron chi connectivity index (χ0n) is 14.7. The number of nitrogen functional groups attached to an aromatic ring is 1. The first-order chi connectivity index (χ1) is 12.5. The van der Waals surface area contributed by atoms with Gasteiger partial charge in [0.1, 0.15) is 23.4 Å². The summed E-state index contributed by atoms with van der Waals surface area (Å²) in [6.45, 7) is 3.85. The average molecular weight is 346 g/mol. The van der Waals surface area contributed by atoms with Crippen molar-refractivity contribution in [1.82, 2.24) is 24.7 Å². The second kappa shape index (κ2) is 5.80. The number of aromatic nitrogens is 5. The number of nitrogens with zero attached hydrogens (tertiary/aromatic N) is 5. The van der Waals surface area contributed by atoms with Gasteiger partial charge in [0.2, 0.25) is 0 Å². The van der Waals surface area contributed by atoms with E-state index in [0.29, 0.717) is 17.0 Å². The minimum atomic E-state index is 0.217. The normalized spacial score (nSPS) is 11.2. The van der Waals surface area contributed by atoms with E-state index in [4.69, 9.17) is 10.7 Å². The van der Waals surface area contributed by atoms with Crippen molar-refractivity contribution in [2.45, 2.75) is 13.8 Å². The average Bonchev–Trinajstić information content (AvgIpc) is 3.05. The first-order valence-corrected chi connectivity index (χ1v) is 8.15. The van der Waals surface area contributed by atoms with Crippen LogP contribution in [0.5, 0.6) is 5.75 Å². The molecule has 4 rings (SSSR count). The van der Waals surface area contributed by atoms with Crippen molar-refractivity contribution in [2.24, 2.45) is 7.05 Å². The Morgan fingerprint density at radius 1 is 1.15 bits per heavy atom. The Hall–Kier alpha value is -3.48. The number of rotatable bonds is 2. The highest BCUT2D eigenvalue weighted by Gasteiger charge is 2.18. The minimum Gasteiger partial charge on any atom is -0.508 e. The summed E-state index contributed by atoms with van der Waals surface area (Å²) in [4.78, 5) is 13.4. The maximum Gasteiger partial charge on any atom is 0.134 e. The summed E-state index contributed by atoms with van der Waals surface area (Å²) in [5.74, 6) is 0.605. The van der Waals surface area contributed by atoms with E-state index in [1.807, 2.05) is 39.2 Å². The van der Waals surface area contributed by atoms with Gasteiger partial charge in [-0.3, -0.25) is 4.68 Å². The molecule has 0 aliphatic carbocycles. The van der Waals surface area contributed by atoms with Crippen LogP contribution in [0, 0.1) is 13.8 Å². The van der Waals surface area contributed by atoms with Crippen LogP contribution in [-0.2, 0) is 7.05 Å². The van der Waals surface area contributed by atoms with Gasteiger partial charge < -0.3 is 10.8 Å². The predicted octanol–water partition coefficient (Wildman–Crippen LogP) is 3.00. The van der Waals surface area contributed by atoms with Crippen LogP contribution in [0.1, 0.15) is 11.1 Å². The number of nitrogens with two attached hydrogens (primary N) is 1. The van der Waals surface area contributed by atoms with Crippen molar-refractivity contribution < 1.29 is 5.11 Å². The topological polar surface area (TPSA) is 103 Å². The van der Waals surface area contributed by atoms with Crippen molar-refractivity contribution in [2.75, 3.05) is 5.73 Å². The molecule has 0 radical (unpaired) electrons. The lowest BCUT2D eigenvalue weighted by Gasteiger charge is -2.14. The highest BCUT2D eigenvalue weighted by molar-refractivity contribution is 6.00. The first kappa shape index (κ1) is 16.0. The van der Waals surface area contributed by atoms with Crippen LogP contribution < -0.4 is 5.73 Å². The van der Waals surface area contributed by atoms with Crippen LogP contribution in [-0.4, -0.2) is 29.8 Å². The SMILES string of the molecule is Cc1ccc(O)c(C)c1-c1nc(-c2cnn(C)c2)cc2c(N)ncnc12. The van der Waals surface area contributed by atoms with Crippen molar-refractivity contribution in [3.63, 3.8) is 0 Å². The summed E-state index contributed by atoms with van der Waals surface area (Å²) in [7, 11) is 1.85. The van der Waals surface area contributed by atoms with Gasteiger partial charge in [0.25, 0.3) is 0 Å². The fourth-order valence-corrected chi connectivity index (χ4v) is 3.16. The van der Waals surface area contributed by atoms with Gasteiger partial charge in [0.15, 0.2) is 0 Å². The molecule has 3 N–H and O–H groups in total. The van der Waals surface area contributed by atoms with Crippen molar-refractivity contribution in [1.29, 1.82) is 0 Å². The van der Waals surface area contributed by atoms with E-state index < -0.39 is 0 Å². The fraction of sp³-hybridized carbons (Fsp3) is 0.158. The molecule has 4 aromatic rings. The zero-order chi connectivity index (χ0) is 18.4. The highest BCUT2D eigenvalue weighted by Crippen LogP contribution is 2.37. The Balaban J connectivity index is 2.12. The van der Waals surface area contributed by atoms with Gasteiger partial charge in [-0.15, -0.1) is 0 Å². The highest BCUT2D eigenvalue weighted by atomic mass is 16.3. The van der Waals surface area contributed by atoms with Gasteiger partial charge in [-0.05, 0) is 31.5 Å². The lowest BCUT2D eigenvalue weighted by molar-refractivity contribution is 0.471. The summed E-state index contributed by atoms with van der Waals surface area (Å²) < 4.78 is 1.72. The number of fused-ring (bicyclic) bond motifs is 1. The van der Waals surface area contributed by atoms with Crippen LogP contribution in [0.25, 0.3) is 33.4 Å². The number of aromatic hydroxyl groups is 1. The Labute approximate surface area is 150 Å². The van der Waals surface area contributed by atoms with Crippen LogP contribution in [0.4, 0.5) is 5.82 Å². The fourth-order valence-electron chi connectivity index (χ4n) is 3.16. The summed E-state index contributed by atoms with van der Waals surface area (Å²) in [5.41, 5.74) is 11.6. The molecular weight excluding hydrogens is 328 g/mol. The largest absolute Gasteiger partial charge is 0.508 e. The minimum absolute atomic E-state index is 0.217. The number of anilines is 1. The molecule has 130 valence electrons. The molecule has 0 spiro atoms. The number of phenols is 1. The summed E-state index contributed by atoms with van der Waals surface area (Å²) in [6, 6.07) is 5.43. The van der Waals surface area contributed by atoms with Gasteiger partial charge in [-0.2, -0.15) is 5.10 Å². The summed E-state index contributed by atoms with van der Waals surface area (Å²) in [6.07, 6.45) is 5.07. The number of pyridine rings is 1. The van der Waals surface area contributed by atoms with Gasteiger partial charge >= 0.3 is 0 Å². The molecule has 0 saturated carbocycles. The van der Waals surface area contributed by atoms with E-state index in [1.54, 1.807) is 16.9 Å². The molecule has 3 heterocycles. The quantitative estimate of drug-likeness (QED) is 0.578. The molecule has 0 aliphatic rings. The van der Waals surface area contributed by atoms with E-state index in [2.05, 4.69) is 15.1 Å². The molecule has 7 nitrogen and oxygen atoms in total. The molecule has 0 fully saturated rings. The number of hydrogen-bond acceptors (Lipinski definition) is 6. The Bertz CT molecular complexity index is 1150. The second-order valence-corrected chi connectivity index (χ2v) is 6.32. The van der Waals surface area contributed by atoms with Gasteiger partial charge in [0, 0.05) is 35.3 Å². The van der Waals surface area contributed by atoms with E-state index in [9.17, 15) is 5.11 Å². The van der Waals surface area contributed by atoms with E-state index in [0.717, 1.165) is 33.3 Å². The molecular formula is C19H18N6O. The molecule has 0 amide bonds. The van der Waals surface area contributed by atoms with Crippen LogP contribution >= 0.6 is 0 Å². The lowest BCUT2D eigenvalue weighted by atomic mass is 9.96. The third-order valence-electron chi connectivity index (χ3n) is 4.53. The van der Waals surface area contributed by atoms with Gasteiger partial charge in [0.05, 0.1) is 17.6 Å². The maximum atomic E-state index is 10.2. The molecule has 0 bridgehead atoms. The Morgan fingerprint density at radius 3 is 2.69 bits per heavy atom. The Morgan fingerprint density at radius 2 is 1.96 bits per heavy atom. The van der Waals surface area contributed by atoms with Gasteiger partial charge in [-0.25, -0.2) is 15.0 Å². The molecule has 0 atom stereocenters. The zero-order valence-corrected chi connectivity index (χ0v) is 14.7. The number of benzene rings is 1. The number of aryl methyl sites for hydroxylation is 2. The summed E-state index contributed by atoms with van der Waals surface area (Å²) in [5, 5.41) is 15.1. The molecule has 7 heteroatoms. The van der Waals surface area contributed by atoms with Crippen LogP contribution in [0.2, 0.25) is 0 Å². The molecule has 0 aliphatic heterocycles. The number of phenolic OH excluding ortho intramolecular Hbond substituents is 1. The number of hydrogen-bond donors (Lipinski definition) is 2. The van der Waals surface area contributed by atoms with Crippen molar-refractivity contribution >= 4 is 16.7 Å². The molecule has 3 aromatic heterocycles. The predicted molar refractivity (Wildman–Crippen MR) is 101 cm³/mol. The monoisotopic (exact) mass is 346 g/mol. The molecule has 1 aromatic carbocycles. The van der Waals surface area contributed by atoms with Crippen molar-refractivity contribution in [3.8, 4) is 28.3 Å². The van der Waals surface area contributed by atoms with Gasteiger partial charge in [-0.1, -0.05) is 6.07 Å². The third kappa shape index (κ3) is 2.45. The summed E-state index contributed by atoms with van der Waals surface area (Å²) >= 11 is 0. The maximum absolute atomic E-state index is 10.2. The van der Waals surface area contributed by atoms with E-state index in [-0.39, 0.29) is 5.75 Å². The molecule has 0 saturated heterocycles. The molecule has 26 heavy (non-hydrogen) atoms. The van der Waals surface area contributed by atoms with Crippen LogP contribution in [0.15, 0.2) is 36.9 Å². The smallest absolute Gasteiger partial charge is 0.134 e. The third-order valence-corrected chi connectivity index (χ3v) is 4.53. The second-order valence-electron chi connectivity index (χ2n) is 6.32. The lowest BCUT2D eigenvalue weighted by Crippen LogP contribution is -2.00. The first-order valence-electron chi connectivity index (χ1n) is 8.15. The Kier molecular flexibility index (Phi) is 3.57.